The molecule has 0 bridgehead atoms. The van der Waals surface area contributed by atoms with Crippen LogP contribution in [0.25, 0.3) is 0 Å². The molecule has 6 N–H and O–H groups in total. The summed E-state index contributed by atoms with van der Waals surface area (Å²) in [5.74, 6) is -0.723. The van der Waals surface area contributed by atoms with E-state index in [-0.39, 0.29) is 12.4 Å². The van der Waals surface area contributed by atoms with Gasteiger partial charge in [0.1, 0.15) is 29.7 Å². The van der Waals surface area contributed by atoms with E-state index >= 15 is 0 Å². The number of hydrogen-bond acceptors (Lipinski definition) is 11. The Morgan fingerprint density at radius 3 is 2.47 bits per heavy atom. The Morgan fingerprint density at radius 1 is 1.16 bits per heavy atom. The van der Waals surface area contributed by atoms with Crippen molar-refractivity contribution in [3.05, 3.63) is 29.8 Å². The first-order valence-corrected chi connectivity index (χ1v) is 10.4. The molecule has 3 rings (SSSR count). The monoisotopic (exact) mass is 458 g/mol. The number of aromatic hydroxyl groups is 1. The Bertz CT molecular complexity index is 757. The van der Waals surface area contributed by atoms with E-state index < -0.39 is 67.7 Å². The van der Waals surface area contributed by atoms with E-state index in [0.717, 1.165) is 5.56 Å². The van der Waals surface area contributed by atoms with Gasteiger partial charge in [0, 0.05) is 0 Å². The van der Waals surface area contributed by atoms with Gasteiger partial charge in [-0.25, -0.2) is 0 Å². The van der Waals surface area contributed by atoms with Crippen LogP contribution >= 0.6 is 0 Å². The number of aryl methyl sites for hydroxylation is 1. The van der Waals surface area contributed by atoms with Crippen LogP contribution in [0.15, 0.2) is 24.3 Å². The summed E-state index contributed by atoms with van der Waals surface area (Å²) >= 11 is 0. The molecular weight excluding hydrogens is 428 g/mol. The van der Waals surface area contributed by atoms with Gasteiger partial charge in [-0.3, -0.25) is 4.79 Å². The van der Waals surface area contributed by atoms with Crippen molar-refractivity contribution in [3.63, 3.8) is 0 Å². The molecule has 2 saturated heterocycles. The summed E-state index contributed by atoms with van der Waals surface area (Å²) in [6.07, 6.45) is -8.01. The van der Waals surface area contributed by atoms with Gasteiger partial charge >= 0.3 is 0 Å². The van der Waals surface area contributed by atoms with E-state index in [4.69, 9.17) is 18.9 Å². The fourth-order valence-corrected chi connectivity index (χ4v) is 3.50. The molecule has 0 aliphatic carbocycles. The van der Waals surface area contributed by atoms with Crippen molar-refractivity contribution >= 4 is 5.78 Å². The second-order valence-corrected chi connectivity index (χ2v) is 8.21. The van der Waals surface area contributed by atoms with E-state index in [0.29, 0.717) is 12.8 Å². The summed E-state index contributed by atoms with van der Waals surface area (Å²) in [4.78, 5) is 12.3. The number of hydrogen-bond donors (Lipinski definition) is 6. The number of rotatable bonds is 9. The SMILES string of the molecule is C[C@@H](CCc1ccc(O)cc1)O[C@H]1O[C@H](CO[C@H]2OC[C@](O)(CO)[C@H]2O)[C@H](O)C(=O)[C@H]1O. The number of Topliss-reactive ketones (excluding diaryl/α,β-unsaturated/α-hetero) is 1. The second-order valence-electron chi connectivity index (χ2n) is 8.21. The van der Waals surface area contributed by atoms with Crippen LogP contribution < -0.4 is 0 Å². The van der Waals surface area contributed by atoms with Crippen molar-refractivity contribution in [2.75, 3.05) is 19.8 Å². The van der Waals surface area contributed by atoms with Crippen molar-refractivity contribution in [1.82, 2.24) is 0 Å². The standard InChI is InChI=1S/C21H30O11/c1-11(2-3-12-4-6-13(23)7-5-12)31-19-17(26)16(25)15(24)14(32-19)8-29-20-18(27)21(28,9-22)10-30-20/h4-7,11,14-15,17-20,22-24,26-28H,2-3,8-10H2,1H3/t11-,14+,15-,17+,18-,19-,20-,21+/m0/s1. The average molecular weight is 458 g/mol. The van der Waals surface area contributed by atoms with Crippen molar-refractivity contribution in [1.29, 1.82) is 0 Å². The first-order chi connectivity index (χ1) is 15.1. The first-order valence-electron chi connectivity index (χ1n) is 10.4. The Labute approximate surface area is 184 Å². The second kappa shape index (κ2) is 10.5. The fraction of sp³-hybridized carbons (Fsp3) is 0.667. The highest BCUT2D eigenvalue weighted by atomic mass is 16.7. The molecular formula is C21H30O11. The van der Waals surface area contributed by atoms with Gasteiger partial charge in [-0.1, -0.05) is 12.1 Å². The minimum Gasteiger partial charge on any atom is -0.508 e. The smallest absolute Gasteiger partial charge is 0.197 e. The highest BCUT2D eigenvalue weighted by molar-refractivity contribution is 5.88. The summed E-state index contributed by atoms with van der Waals surface area (Å²) in [6.45, 7) is 0.255. The molecule has 0 amide bonds. The Hall–Kier alpha value is -1.67. The third-order valence-corrected chi connectivity index (χ3v) is 5.65. The average Bonchev–Trinajstić information content (AvgIpc) is 3.07. The molecule has 1 aromatic rings. The molecule has 0 spiro atoms. The van der Waals surface area contributed by atoms with Crippen LogP contribution in [0.5, 0.6) is 5.75 Å². The normalized spacial score (nSPS) is 36.4. The van der Waals surface area contributed by atoms with Crippen molar-refractivity contribution in [2.24, 2.45) is 0 Å². The molecule has 0 unspecified atom stereocenters. The van der Waals surface area contributed by atoms with Crippen LogP contribution in [0.3, 0.4) is 0 Å². The van der Waals surface area contributed by atoms with Crippen LogP contribution in [0.4, 0.5) is 0 Å². The zero-order valence-electron chi connectivity index (χ0n) is 17.6. The van der Waals surface area contributed by atoms with Gasteiger partial charge in [-0.05, 0) is 37.5 Å². The molecule has 0 saturated carbocycles. The number of phenolic OH excluding ortho intramolecular Hbond substituents is 1. The van der Waals surface area contributed by atoms with Crippen molar-refractivity contribution < 1.29 is 54.4 Å². The van der Waals surface area contributed by atoms with Crippen LogP contribution in [0.2, 0.25) is 0 Å². The lowest BCUT2D eigenvalue weighted by molar-refractivity contribution is -0.277. The third-order valence-electron chi connectivity index (χ3n) is 5.65. The number of carbonyl (C=O) groups excluding carboxylic acids is 1. The third kappa shape index (κ3) is 5.63. The molecule has 0 aromatic heterocycles. The largest absolute Gasteiger partial charge is 0.508 e. The Kier molecular flexibility index (Phi) is 8.20. The maximum absolute atomic E-state index is 12.3. The molecule has 1 aromatic carbocycles. The lowest BCUT2D eigenvalue weighted by atomic mass is 10.0. The predicted octanol–water partition coefficient (Wildman–Crippen LogP) is -1.80. The molecule has 11 nitrogen and oxygen atoms in total. The fourth-order valence-electron chi connectivity index (χ4n) is 3.50. The van der Waals surface area contributed by atoms with Gasteiger partial charge < -0.3 is 49.6 Å². The summed E-state index contributed by atoms with van der Waals surface area (Å²) in [5.41, 5.74) is -0.902. The van der Waals surface area contributed by atoms with Gasteiger partial charge in [-0.2, -0.15) is 0 Å². The highest BCUT2D eigenvalue weighted by Crippen LogP contribution is 2.27. The summed E-state index contributed by atoms with van der Waals surface area (Å²) in [6, 6.07) is 6.70. The first kappa shape index (κ1) is 25.0. The van der Waals surface area contributed by atoms with Crippen LogP contribution in [-0.4, -0.2) is 105 Å². The van der Waals surface area contributed by atoms with E-state index in [1.165, 1.54) is 0 Å². The maximum Gasteiger partial charge on any atom is 0.197 e. The zero-order chi connectivity index (χ0) is 23.5. The maximum atomic E-state index is 12.3. The molecule has 32 heavy (non-hydrogen) atoms. The summed E-state index contributed by atoms with van der Waals surface area (Å²) < 4.78 is 21.7. The van der Waals surface area contributed by atoms with Crippen molar-refractivity contribution in [3.8, 4) is 5.75 Å². The molecule has 11 heteroatoms. The number of carbonyl (C=O) groups is 1. The number of aliphatic hydroxyl groups is 5. The highest BCUT2D eigenvalue weighted by Gasteiger charge is 2.50. The lowest BCUT2D eigenvalue weighted by Gasteiger charge is -2.37. The lowest BCUT2D eigenvalue weighted by Crippen LogP contribution is -2.58. The van der Waals surface area contributed by atoms with E-state index in [1.807, 2.05) is 0 Å². The Morgan fingerprint density at radius 2 is 1.84 bits per heavy atom. The van der Waals surface area contributed by atoms with Crippen LogP contribution in [-0.2, 0) is 30.2 Å². The van der Waals surface area contributed by atoms with Crippen LogP contribution in [0, 0.1) is 0 Å². The van der Waals surface area contributed by atoms with Gasteiger partial charge in [0.2, 0.25) is 0 Å². The van der Waals surface area contributed by atoms with Gasteiger partial charge in [0.25, 0.3) is 0 Å². The van der Waals surface area contributed by atoms with Gasteiger partial charge in [-0.15, -0.1) is 0 Å². The number of aliphatic hydroxyl groups excluding tert-OH is 4. The van der Waals surface area contributed by atoms with Crippen LogP contribution in [0.1, 0.15) is 18.9 Å². The minimum atomic E-state index is -1.87. The quantitative estimate of drug-likeness (QED) is 0.246. The molecule has 2 heterocycles. The van der Waals surface area contributed by atoms with Gasteiger partial charge in [0.15, 0.2) is 24.5 Å². The van der Waals surface area contributed by atoms with E-state index in [2.05, 4.69) is 0 Å². The molecule has 180 valence electrons. The number of phenols is 1. The predicted molar refractivity (Wildman–Crippen MR) is 106 cm³/mol. The molecule has 0 radical (unpaired) electrons. The summed E-state index contributed by atoms with van der Waals surface area (Å²) in [5, 5.41) is 58.8. The number of ether oxygens (including phenoxy) is 4. The topological polar surface area (TPSA) is 175 Å². The minimum absolute atomic E-state index is 0.165. The number of ketones is 1. The number of benzene rings is 1. The molecule has 2 fully saturated rings. The molecule has 8 atom stereocenters. The van der Waals surface area contributed by atoms with Crippen molar-refractivity contribution in [2.45, 2.75) is 68.5 Å². The van der Waals surface area contributed by atoms with Gasteiger partial charge in [0.05, 0.1) is 25.9 Å². The molecule has 2 aliphatic rings. The molecule has 2 aliphatic heterocycles. The zero-order valence-corrected chi connectivity index (χ0v) is 17.6. The summed E-state index contributed by atoms with van der Waals surface area (Å²) in [7, 11) is 0. The Balaban J connectivity index is 1.53. The van der Waals surface area contributed by atoms with E-state index in [1.54, 1.807) is 31.2 Å². The van der Waals surface area contributed by atoms with E-state index in [9.17, 15) is 35.4 Å².